The van der Waals surface area contributed by atoms with Crippen molar-refractivity contribution in [3.05, 3.63) is 11.6 Å². The molecule has 0 fully saturated rings. The van der Waals surface area contributed by atoms with E-state index in [1.165, 1.54) is 6.08 Å². The van der Waals surface area contributed by atoms with E-state index in [1.54, 1.807) is 6.92 Å². The highest BCUT2D eigenvalue weighted by Crippen LogP contribution is 2.14. The van der Waals surface area contributed by atoms with Gasteiger partial charge in [0.1, 0.15) is 6.09 Å². The Morgan fingerprint density at radius 1 is 1.54 bits per heavy atom. The number of carbonyl (C=O) groups excluding carboxylic acids is 2. The Kier molecular flexibility index (Phi) is 2.55. The Morgan fingerprint density at radius 3 is 2.62 bits per heavy atom. The van der Waals surface area contributed by atoms with Crippen LogP contribution >= 0.6 is 0 Å². The minimum Gasteiger partial charge on any atom is -0.545 e. The maximum absolute atomic E-state index is 10.5. The van der Waals surface area contributed by atoms with Crippen LogP contribution in [-0.2, 0) is 4.79 Å². The normalized spacial score (nSPS) is 22.4. The van der Waals surface area contributed by atoms with Crippen LogP contribution in [0.15, 0.2) is 11.6 Å². The maximum Gasteiger partial charge on any atom is 0.137 e. The summed E-state index contributed by atoms with van der Waals surface area (Å²) in [5.41, 5.74) is 0.00213. The van der Waals surface area contributed by atoms with E-state index in [-0.39, 0.29) is 18.2 Å². The lowest BCUT2D eigenvalue weighted by Gasteiger charge is -2.35. The molecule has 1 aliphatic heterocycles. The first-order chi connectivity index (χ1) is 6.02. The van der Waals surface area contributed by atoms with Gasteiger partial charge in [-0.3, -0.25) is 0 Å². The predicted molar refractivity (Wildman–Crippen MR) is 39.3 cm³/mol. The van der Waals surface area contributed by atoms with Gasteiger partial charge in [-0.1, -0.05) is 6.08 Å². The fraction of sp³-hybridized carbons (Fsp3) is 0.500. The van der Waals surface area contributed by atoms with Crippen LogP contribution in [0.25, 0.3) is 0 Å². The number of carbonyl (C=O) groups is 2. The molecule has 0 saturated carbocycles. The third kappa shape index (κ3) is 1.99. The van der Waals surface area contributed by atoms with Gasteiger partial charge in [0, 0.05) is 12.6 Å². The highest BCUT2D eigenvalue weighted by atomic mass is 16.4. The summed E-state index contributed by atoms with van der Waals surface area (Å²) in [7, 11) is 0. The van der Waals surface area contributed by atoms with Gasteiger partial charge in [0.2, 0.25) is 0 Å². The lowest BCUT2D eigenvalue weighted by molar-refractivity contribution is -0.299. The van der Waals surface area contributed by atoms with Gasteiger partial charge in [-0.2, -0.15) is 0 Å². The van der Waals surface area contributed by atoms with Crippen molar-refractivity contribution in [1.29, 1.82) is 0 Å². The van der Waals surface area contributed by atoms with Crippen molar-refractivity contribution < 1.29 is 19.8 Å². The molecule has 1 heterocycles. The van der Waals surface area contributed by atoms with Crippen LogP contribution < -0.4 is 10.2 Å². The molecule has 5 nitrogen and oxygen atoms in total. The van der Waals surface area contributed by atoms with Gasteiger partial charge in [-0.05, 0) is 18.9 Å². The van der Waals surface area contributed by atoms with Crippen LogP contribution in [0, 0.1) is 0 Å². The fourth-order valence-corrected chi connectivity index (χ4v) is 1.24. The lowest BCUT2D eigenvalue weighted by Crippen LogP contribution is -2.50. The quantitative estimate of drug-likeness (QED) is 0.475. The van der Waals surface area contributed by atoms with E-state index < -0.39 is 12.1 Å². The summed E-state index contributed by atoms with van der Waals surface area (Å²) in [6.45, 7) is 1.55. The summed E-state index contributed by atoms with van der Waals surface area (Å²) < 4.78 is 0. The van der Waals surface area contributed by atoms with E-state index in [9.17, 15) is 19.8 Å². The van der Waals surface area contributed by atoms with Crippen molar-refractivity contribution in [2.75, 3.05) is 6.54 Å². The number of rotatable bonds is 1. The smallest absolute Gasteiger partial charge is 0.137 e. The second-order valence-corrected chi connectivity index (χ2v) is 3.00. The van der Waals surface area contributed by atoms with E-state index >= 15 is 0 Å². The Labute approximate surface area is 75.3 Å². The SMILES string of the molecule is C[C@H]1CC=C(C(=O)[O-])CN1C(=O)[O-]. The molecule has 0 aliphatic carbocycles. The van der Waals surface area contributed by atoms with Crippen LogP contribution in [0.1, 0.15) is 13.3 Å². The number of aliphatic carboxylic acids is 1. The molecule has 0 aromatic carbocycles. The summed E-state index contributed by atoms with van der Waals surface area (Å²) >= 11 is 0. The summed E-state index contributed by atoms with van der Waals surface area (Å²) in [5.74, 6) is -1.32. The van der Waals surface area contributed by atoms with Crippen molar-refractivity contribution in [1.82, 2.24) is 4.90 Å². The van der Waals surface area contributed by atoms with Crippen LogP contribution in [0.4, 0.5) is 4.79 Å². The van der Waals surface area contributed by atoms with E-state index in [0.717, 1.165) is 4.90 Å². The predicted octanol–water partition coefficient (Wildman–Crippen LogP) is -1.90. The zero-order valence-corrected chi connectivity index (χ0v) is 7.15. The molecular weight excluding hydrogens is 174 g/mol. The first-order valence-corrected chi connectivity index (χ1v) is 3.90. The minimum atomic E-state index is -1.35. The molecule has 0 radical (unpaired) electrons. The van der Waals surface area contributed by atoms with Crippen LogP contribution in [0.5, 0.6) is 0 Å². The van der Waals surface area contributed by atoms with Crippen molar-refractivity contribution in [3.63, 3.8) is 0 Å². The number of hydrogen-bond acceptors (Lipinski definition) is 4. The second kappa shape index (κ2) is 3.47. The Morgan fingerprint density at radius 2 is 2.15 bits per heavy atom. The Balaban J connectivity index is 2.78. The molecule has 1 aliphatic rings. The minimum absolute atomic E-state index is 0.00213. The van der Waals surface area contributed by atoms with Crippen molar-refractivity contribution in [2.24, 2.45) is 0 Å². The Bertz CT molecular complexity index is 271. The van der Waals surface area contributed by atoms with E-state index in [1.807, 2.05) is 0 Å². The first kappa shape index (κ1) is 9.57. The Hall–Kier alpha value is -1.52. The van der Waals surface area contributed by atoms with E-state index in [4.69, 9.17) is 0 Å². The highest BCUT2D eigenvalue weighted by molar-refractivity contribution is 5.86. The van der Waals surface area contributed by atoms with Crippen LogP contribution in [0.3, 0.4) is 0 Å². The van der Waals surface area contributed by atoms with Crippen LogP contribution in [-0.4, -0.2) is 29.5 Å². The van der Waals surface area contributed by atoms with Crippen molar-refractivity contribution >= 4 is 12.1 Å². The van der Waals surface area contributed by atoms with E-state index in [0.29, 0.717) is 6.42 Å². The van der Waals surface area contributed by atoms with Gasteiger partial charge in [0.15, 0.2) is 0 Å². The van der Waals surface area contributed by atoms with Gasteiger partial charge < -0.3 is 24.7 Å². The molecule has 0 aromatic rings. The van der Waals surface area contributed by atoms with Gasteiger partial charge in [-0.25, -0.2) is 0 Å². The monoisotopic (exact) mass is 183 g/mol. The van der Waals surface area contributed by atoms with E-state index in [2.05, 4.69) is 0 Å². The highest BCUT2D eigenvalue weighted by Gasteiger charge is 2.19. The number of hydrogen-bond donors (Lipinski definition) is 0. The molecule has 0 bridgehead atoms. The number of nitrogens with zero attached hydrogens (tertiary/aromatic N) is 1. The standard InChI is InChI=1S/C8H11NO4/c1-5-2-3-6(7(10)11)4-9(5)8(12)13/h3,5H,2,4H2,1H3,(H,10,11)(H,12,13)/p-2/t5-/m0/s1. The number of carboxylic acids is 1. The molecule has 0 saturated heterocycles. The molecule has 0 N–H and O–H groups in total. The third-order valence-corrected chi connectivity index (χ3v) is 2.07. The van der Waals surface area contributed by atoms with Gasteiger partial charge >= 0.3 is 0 Å². The zero-order valence-electron chi connectivity index (χ0n) is 7.15. The van der Waals surface area contributed by atoms with Crippen LogP contribution in [0.2, 0.25) is 0 Å². The fourth-order valence-electron chi connectivity index (χ4n) is 1.24. The number of carboxylic acid groups (broad SMARTS) is 2. The second-order valence-electron chi connectivity index (χ2n) is 3.00. The summed E-state index contributed by atoms with van der Waals surface area (Å²) in [4.78, 5) is 21.9. The van der Waals surface area contributed by atoms with Gasteiger partial charge in [-0.15, -0.1) is 0 Å². The molecule has 0 unspecified atom stereocenters. The van der Waals surface area contributed by atoms with Gasteiger partial charge in [0.25, 0.3) is 0 Å². The molecular formula is C8H9NO4-2. The average Bonchev–Trinajstić information content (AvgIpc) is 2.04. The summed E-state index contributed by atoms with van der Waals surface area (Å²) in [6.07, 6.45) is 0.524. The first-order valence-electron chi connectivity index (χ1n) is 3.90. The lowest BCUT2D eigenvalue weighted by atomic mass is 10.0. The van der Waals surface area contributed by atoms with Crippen molar-refractivity contribution in [2.45, 2.75) is 19.4 Å². The zero-order chi connectivity index (χ0) is 10.0. The number of amides is 1. The molecule has 0 spiro atoms. The molecule has 1 amide bonds. The molecule has 1 rings (SSSR count). The van der Waals surface area contributed by atoms with Crippen molar-refractivity contribution in [3.8, 4) is 0 Å². The van der Waals surface area contributed by atoms with Gasteiger partial charge in [0.05, 0.1) is 5.97 Å². The largest absolute Gasteiger partial charge is 0.545 e. The molecule has 72 valence electrons. The summed E-state index contributed by atoms with van der Waals surface area (Å²) in [5, 5.41) is 20.9. The molecule has 13 heavy (non-hydrogen) atoms. The molecule has 1 atom stereocenters. The molecule has 0 aromatic heterocycles. The third-order valence-electron chi connectivity index (χ3n) is 2.07. The summed E-state index contributed by atoms with van der Waals surface area (Å²) in [6, 6.07) is -0.229. The maximum atomic E-state index is 10.5. The molecule has 5 heteroatoms. The average molecular weight is 183 g/mol. The topological polar surface area (TPSA) is 83.5 Å².